The summed E-state index contributed by atoms with van der Waals surface area (Å²) in [4.78, 5) is 4.55. The first-order valence-corrected chi connectivity index (χ1v) is 7.02. The van der Waals surface area contributed by atoms with Crippen LogP contribution in [0, 0.1) is 11.3 Å². The number of aryl methyl sites for hydroxylation is 1. The molecule has 1 rings (SSSR count). The summed E-state index contributed by atoms with van der Waals surface area (Å²) in [5, 5.41) is 9.89. The second kappa shape index (κ2) is 8.09. The van der Waals surface area contributed by atoms with Crippen LogP contribution in [0.3, 0.4) is 0 Å². The Kier molecular flexibility index (Phi) is 6.73. The number of rotatable bonds is 7. The van der Waals surface area contributed by atoms with Crippen molar-refractivity contribution in [3.05, 3.63) is 22.9 Å². The summed E-state index contributed by atoms with van der Waals surface area (Å²) in [5.74, 6) is 0. The Bertz CT molecular complexity index is 430. The quantitative estimate of drug-likeness (QED) is 0.431. The zero-order valence-corrected chi connectivity index (χ0v) is 11.8. The van der Waals surface area contributed by atoms with Crippen molar-refractivity contribution < 1.29 is 9.47 Å². The van der Waals surface area contributed by atoms with E-state index in [1.807, 2.05) is 12.3 Å². The van der Waals surface area contributed by atoms with Gasteiger partial charge in [0.1, 0.15) is 17.9 Å². The Morgan fingerprint density at radius 3 is 2.83 bits per heavy atom. The molecule has 4 nitrogen and oxygen atoms in total. The fraction of sp³-hybridized carbons (Fsp3) is 0.538. The van der Waals surface area contributed by atoms with Crippen molar-refractivity contribution in [1.29, 1.82) is 5.26 Å². The molecule has 1 aromatic heterocycles. The van der Waals surface area contributed by atoms with Crippen LogP contribution in [0.25, 0.3) is 0 Å². The maximum absolute atomic E-state index is 9.10. The molecule has 0 aliphatic rings. The fourth-order valence-corrected chi connectivity index (χ4v) is 2.15. The van der Waals surface area contributed by atoms with E-state index in [1.165, 1.54) is 11.8 Å². The second-order valence-corrected chi connectivity index (χ2v) is 4.56. The van der Waals surface area contributed by atoms with E-state index in [9.17, 15) is 0 Å². The highest BCUT2D eigenvalue weighted by Gasteiger charge is 2.11. The molecule has 0 unspecified atom stereocenters. The molecular weight excluding hydrogens is 248 g/mol. The van der Waals surface area contributed by atoms with Gasteiger partial charge in [-0.15, -0.1) is 11.8 Å². The van der Waals surface area contributed by atoms with Gasteiger partial charge in [0.2, 0.25) is 0 Å². The van der Waals surface area contributed by atoms with Gasteiger partial charge in [-0.3, -0.25) is 0 Å². The third-order valence-corrected chi connectivity index (χ3v) is 3.11. The molecule has 0 aliphatic heterocycles. The van der Waals surface area contributed by atoms with E-state index < -0.39 is 0 Å². The Balaban J connectivity index is 3.00. The summed E-state index contributed by atoms with van der Waals surface area (Å²) in [6, 6.07) is 4.05. The van der Waals surface area contributed by atoms with Crippen molar-refractivity contribution in [3.63, 3.8) is 0 Å². The minimum atomic E-state index is 0.248. The van der Waals surface area contributed by atoms with E-state index in [0.29, 0.717) is 12.2 Å². The lowest BCUT2D eigenvalue weighted by molar-refractivity contribution is -0.0393. The van der Waals surface area contributed by atoms with Crippen molar-refractivity contribution in [2.24, 2.45) is 0 Å². The van der Waals surface area contributed by atoms with Gasteiger partial charge in [-0.2, -0.15) is 5.26 Å². The summed E-state index contributed by atoms with van der Waals surface area (Å²) in [6.07, 6.45) is 3.84. The summed E-state index contributed by atoms with van der Waals surface area (Å²) < 4.78 is 10.2. The van der Waals surface area contributed by atoms with Crippen molar-refractivity contribution in [1.82, 2.24) is 4.98 Å². The molecule has 0 aliphatic carbocycles. The standard InChI is InChI=1S/C13H18N2O2S/c1-4-5-12-11(8-17-9-16-2)6-10(7-14)13(15-12)18-3/h6H,4-5,8-9H2,1-3H3. The summed E-state index contributed by atoms with van der Waals surface area (Å²) in [5.41, 5.74) is 2.60. The number of methoxy groups -OCH3 is 1. The van der Waals surface area contributed by atoms with Gasteiger partial charge in [-0.25, -0.2) is 4.98 Å². The zero-order valence-electron chi connectivity index (χ0n) is 11.0. The van der Waals surface area contributed by atoms with Crippen LogP contribution in [0.5, 0.6) is 0 Å². The van der Waals surface area contributed by atoms with Gasteiger partial charge in [0.05, 0.1) is 12.2 Å². The molecule has 0 saturated carbocycles. The SMILES string of the molecule is CCCc1nc(SC)c(C#N)cc1COCOC. The van der Waals surface area contributed by atoms with Crippen LogP contribution in [0.2, 0.25) is 0 Å². The Hall–Kier alpha value is -1.09. The number of aromatic nitrogens is 1. The lowest BCUT2D eigenvalue weighted by Gasteiger charge is -2.11. The molecule has 98 valence electrons. The first kappa shape index (κ1) is 15.0. The zero-order chi connectivity index (χ0) is 13.4. The van der Waals surface area contributed by atoms with Gasteiger partial charge in [0, 0.05) is 18.4 Å². The van der Waals surface area contributed by atoms with Gasteiger partial charge >= 0.3 is 0 Å². The number of nitrogens with zero attached hydrogens (tertiary/aromatic N) is 2. The highest BCUT2D eigenvalue weighted by atomic mass is 32.2. The van der Waals surface area contributed by atoms with E-state index in [-0.39, 0.29) is 6.79 Å². The molecule has 18 heavy (non-hydrogen) atoms. The van der Waals surface area contributed by atoms with Crippen molar-refractivity contribution in [2.45, 2.75) is 31.4 Å². The van der Waals surface area contributed by atoms with Crippen LogP contribution in [-0.2, 0) is 22.5 Å². The second-order valence-electron chi connectivity index (χ2n) is 3.77. The summed E-state index contributed by atoms with van der Waals surface area (Å²) in [6.45, 7) is 2.79. The van der Waals surface area contributed by atoms with Crippen LogP contribution in [-0.4, -0.2) is 25.1 Å². The molecule has 0 amide bonds. The maximum atomic E-state index is 9.10. The van der Waals surface area contributed by atoms with E-state index in [0.717, 1.165) is 29.1 Å². The normalized spacial score (nSPS) is 10.3. The van der Waals surface area contributed by atoms with Gasteiger partial charge in [0.15, 0.2) is 0 Å². The van der Waals surface area contributed by atoms with Crippen LogP contribution in [0.15, 0.2) is 11.1 Å². The van der Waals surface area contributed by atoms with Crippen molar-refractivity contribution in [2.75, 3.05) is 20.2 Å². The van der Waals surface area contributed by atoms with Crippen LogP contribution in [0.4, 0.5) is 0 Å². The molecular formula is C13H18N2O2S. The van der Waals surface area contributed by atoms with E-state index >= 15 is 0 Å². The van der Waals surface area contributed by atoms with E-state index in [4.69, 9.17) is 14.7 Å². The average Bonchev–Trinajstić information content (AvgIpc) is 2.40. The molecule has 1 heterocycles. The molecule has 0 spiro atoms. The lowest BCUT2D eigenvalue weighted by Crippen LogP contribution is -2.05. The average molecular weight is 266 g/mol. The highest BCUT2D eigenvalue weighted by Crippen LogP contribution is 2.22. The molecule has 0 atom stereocenters. The molecule has 1 aromatic rings. The number of hydrogen-bond acceptors (Lipinski definition) is 5. The first-order valence-electron chi connectivity index (χ1n) is 5.80. The molecule has 5 heteroatoms. The van der Waals surface area contributed by atoms with Crippen LogP contribution in [0.1, 0.15) is 30.2 Å². The van der Waals surface area contributed by atoms with Crippen LogP contribution >= 0.6 is 11.8 Å². The maximum Gasteiger partial charge on any atom is 0.146 e. The topological polar surface area (TPSA) is 55.1 Å². The predicted molar refractivity (Wildman–Crippen MR) is 71.4 cm³/mol. The minimum absolute atomic E-state index is 0.248. The Labute approximate surface area is 112 Å². The largest absolute Gasteiger partial charge is 0.359 e. The summed E-state index contributed by atoms with van der Waals surface area (Å²) in [7, 11) is 1.59. The molecule has 0 bridgehead atoms. The molecule has 0 aromatic carbocycles. The van der Waals surface area contributed by atoms with Gasteiger partial charge in [0.25, 0.3) is 0 Å². The van der Waals surface area contributed by atoms with Crippen molar-refractivity contribution in [3.8, 4) is 6.07 Å². The van der Waals surface area contributed by atoms with Gasteiger partial charge < -0.3 is 9.47 Å². The molecule has 0 fully saturated rings. The predicted octanol–water partition coefficient (Wildman–Crippen LogP) is 2.75. The first-order chi connectivity index (χ1) is 8.76. The van der Waals surface area contributed by atoms with Gasteiger partial charge in [-0.05, 0) is 18.7 Å². The van der Waals surface area contributed by atoms with Gasteiger partial charge in [-0.1, -0.05) is 13.3 Å². The number of hydrogen-bond donors (Lipinski definition) is 0. The third kappa shape index (κ3) is 3.98. The van der Waals surface area contributed by atoms with Crippen molar-refractivity contribution >= 4 is 11.8 Å². The monoisotopic (exact) mass is 266 g/mol. The molecule has 0 N–H and O–H groups in total. The highest BCUT2D eigenvalue weighted by molar-refractivity contribution is 7.98. The number of ether oxygens (including phenoxy) is 2. The number of pyridine rings is 1. The third-order valence-electron chi connectivity index (χ3n) is 2.42. The number of nitriles is 1. The lowest BCUT2D eigenvalue weighted by atomic mass is 10.1. The Morgan fingerprint density at radius 1 is 1.50 bits per heavy atom. The number of thioether (sulfide) groups is 1. The van der Waals surface area contributed by atoms with E-state index in [1.54, 1.807) is 7.11 Å². The molecule has 0 saturated heterocycles. The smallest absolute Gasteiger partial charge is 0.146 e. The van der Waals surface area contributed by atoms with E-state index in [2.05, 4.69) is 18.0 Å². The fourth-order valence-electron chi connectivity index (χ4n) is 1.62. The van der Waals surface area contributed by atoms with Crippen LogP contribution < -0.4 is 0 Å². The molecule has 0 radical (unpaired) electrons. The minimum Gasteiger partial charge on any atom is -0.359 e. The summed E-state index contributed by atoms with van der Waals surface area (Å²) >= 11 is 1.50. The Morgan fingerprint density at radius 2 is 2.28 bits per heavy atom.